The van der Waals surface area contributed by atoms with E-state index in [2.05, 4.69) is 27.8 Å². The van der Waals surface area contributed by atoms with Crippen molar-refractivity contribution < 1.29 is 4.74 Å². The smallest absolute Gasteiger partial charge is 0.188 e. The highest BCUT2D eigenvalue weighted by Gasteiger charge is 2.40. The summed E-state index contributed by atoms with van der Waals surface area (Å²) in [6, 6.07) is 4.23. The summed E-state index contributed by atoms with van der Waals surface area (Å²) < 4.78 is 6.31. The molecule has 3 rings (SSSR count). The molecule has 1 aliphatic carbocycles. The molecule has 1 unspecified atom stereocenters. The monoisotopic (exact) mass is 449 g/mol. The maximum absolute atomic E-state index is 6.31. The van der Waals surface area contributed by atoms with Crippen molar-refractivity contribution in [1.82, 2.24) is 5.32 Å². The summed E-state index contributed by atoms with van der Waals surface area (Å²) in [5.41, 5.74) is 6.13. The fourth-order valence-corrected chi connectivity index (χ4v) is 4.32. The molecule has 6 heteroatoms. The lowest BCUT2D eigenvalue weighted by atomic mass is 9.83. The van der Waals surface area contributed by atoms with Crippen LogP contribution in [-0.4, -0.2) is 30.8 Å². The Hall–Kier alpha value is -0.340. The molecule has 0 aromatic carbocycles. The number of hydrogen-bond donors (Lipinski definition) is 2. The lowest BCUT2D eigenvalue weighted by Crippen LogP contribution is -2.35. The zero-order valence-electron chi connectivity index (χ0n) is 13.6. The number of rotatable bonds is 5. The van der Waals surface area contributed by atoms with Crippen LogP contribution in [0.25, 0.3) is 0 Å². The Kier molecular flexibility index (Phi) is 7.62. The quantitative estimate of drug-likeness (QED) is 0.410. The summed E-state index contributed by atoms with van der Waals surface area (Å²) >= 11 is 1.78. The second-order valence-corrected chi connectivity index (χ2v) is 7.54. The third-order valence-corrected chi connectivity index (χ3v) is 5.76. The lowest BCUT2D eigenvalue weighted by Gasteiger charge is -2.33. The van der Waals surface area contributed by atoms with E-state index >= 15 is 0 Å². The van der Waals surface area contributed by atoms with Gasteiger partial charge in [-0.1, -0.05) is 25.3 Å². The lowest BCUT2D eigenvalue weighted by molar-refractivity contribution is -0.0598. The molecular formula is C17H28IN3OS. The van der Waals surface area contributed by atoms with E-state index in [-0.39, 0.29) is 35.7 Å². The van der Waals surface area contributed by atoms with E-state index in [1.54, 1.807) is 11.3 Å². The summed E-state index contributed by atoms with van der Waals surface area (Å²) in [6.07, 6.45) is 10.1. The molecule has 23 heavy (non-hydrogen) atoms. The van der Waals surface area contributed by atoms with Crippen molar-refractivity contribution in [2.24, 2.45) is 10.7 Å². The number of nitrogens with two attached hydrogens (primary N) is 1. The average Bonchev–Trinajstić information content (AvgIpc) is 3.17. The van der Waals surface area contributed by atoms with Crippen LogP contribution in [0.3, 0.4) is 0 Å². The Morgan fingerprint density at radius 3 is 2.91 bits per heavy atom. The molecule has 1 aromatic heterocycles. The molecule has 1 atom stereocenters. The van der Waals surface area contributed by atoms with E-state index in [9.17, 15) is 0 Å². The van der Waals surface area contributed by atoms with Crippen molar-refractivity contribution in [3.63, 3.8) is 0 Å². The molecule has 130 valence electrons. The van der Waals surface area contributed by atoms with Crippen molar-refractivity contribution in [2.75, 3.05) is 13.1 Å². The van der Waals surface area contributed by atoms with E-state index in [0.717, 1.165) is 19.4 Å². The molecule has 1 spiro atoms. The molecule has 1 saturated heterocycles. The van der Waals surface area contributed by atoms with Crippen LogP contribution in [-0.2, 0) is 11.2 Å². The van der Waals surface area contributed by atoms with Gasteiger partial charge in [-0.05, 0) is 43.6 Å². The number of hydrogen-bond acceptors (Lipinski definition) is 3. The maximum Gasteiger partial charge on any atom is 0.188 e. The molecule has 1 aromatic rings. The van der Waals surface area contributed by atoms with Gasteiger partial charge >= 0.3 is 0 Å². The van der Waals surface area contributed by atoms with Crippen molar-refractivity contribution in [3.05, 3.63) is 22.4 Å². The molecule has 3 N–H and O–H groups in total. The van der Waals surface area contributed by atoms with Gasteiger partial charge in [-0.25, -0.2) is 0 Å². The topological polar surface area (TPSA) is 59.6 Å². The molecule has 1 saturated carbocycles. The standard InChI is InChI=1S/C17H27N3OS.HI/c18-16(19-11-7-15-5-4-12-22-15)20-13-14-6-10-17(21-14)8-2-1-3-9-17;/h4-5,12,14H,1-3,6-11,13H2,(H3,18,19,20);1H. The molecule has 2 fully saturated rings. The molecule has 0 bridgehead atoms. The van der Waals surface area contributed by atoms with Crippen LogP contribution in [0, 0.1) is 0 Å². The maximum atomic E-state index is 6.31. The van der Waals surface area contributed by atoms with Gasteiger partial charge in [-0.3, -0.25) is 4.99 Å². The van der Waals surface area contributed by atoms with Gasteiger partial charge in [-0.15, -0.1) is 35.3 Å². The number of guanidine groups is 1. The van der Waals surface area contributed by atoms with Crippen LogP contribution in [0.15, 0.2) is 22.5 Å². The van der Waals surface area contributed by atoms with Gasteiger partial charge in [0.15, 0.2) is 5.96 Å². The first kappa shape index (κ1) is 19.0. The third-order valence-electron chi connectivity index (χ3n) is 4.83. The van der Waals surface area contributed by atoms with Gasteiger partial charge in [0.05, 0.1) is 18.2 Å². The van der Waals surface area contributed by atoms with Gasteiger partial charge in [0.1, 0.15) is 0 Å². The van der Waals surface area contributed by atoms with Crippen LogP contribution in [0.4, 0.5) is 0 Å². The highest BCUT2D eigenvalue weighted by molar-refractivity contribution is 14.0. The van der Waals surface area contributed by atoms with Crippen molar-refractivity contribution in [1.29, 1.82) is 0 Å². The number of ether oxygens (including phenoxy) is 1. The Bertz CT molecular complexity index is 486. The van der Waals surface area contributed by atoms with Crippen molar-refractivity contribution in [2.45, 2.75) is 63.1 Å². The van der Waals surface area contributed by atoms with E-state index in [1.807, 2.05) is 0 Å². The molecule has 2 aliphatic rings. The van der Waals surface area contributed by atoms with Gasteiger partial charge in [-0.2, -0.15) is 0 Å². The summed E-state index contributed by atoms with van der Waals surface area (Å²) in [4.78, 5) is 5.84. The normalized spacial score (nSPS) is 23.7. The number of nitrogens with zero attached hydrogens (tertiary/aromatic N) is 1. The van der Waals surface area contributed by atoms with Crippen LogP contribution >= 0.6 is 35.3 Å². The third kappa shape index (κ3) is 5.60. The predicted molar refractivity (Wildman–Crippen MR) is 108 cm³/mol. The fraction of sp³-hybridized carbons (Fsp3) is 0.706. The molecule has 2 heterocycles. The second-order valence-electron chi connectivity index (χ2n) is 6.50. The van der Waals surface area contributed by atoms with E-state index < -0.39 is 0 Å². The minimum absolute atomic E-state index is 0. The summed E-state index contributed by atoms with van der Waals surface area (Å²) in [5, 5.41) is 5.30. The minimum atomic E-state index is 0. The second kappa shape index (κ2) is 9.22. The SMILES string of the molecule is I.NC(=NCC1CCC2(CCCCC2)O1)NCCc1cccs1. The number of halogens is 1. The van der Waals surface area contributed by atoms with E-state index in [0.29, 0.717) is 12.5 Å². The minimum Gasteiger partial charge on any atom is -0.370 e. The molecular weight excluding hydrogens is 421 g/mol. The number of nitrogens with one attached hydrogen (secondary N) is 1. The largest absolute Gasteiger partial charge is 0.370 e. The summed E-state index contributed by atoms with van der Waals surface area (Å²) in [7, 11) is 0. The Balaban J connectivity index is 0.00000192. The van der Waals surface area contributed by atoms with E-state index in [4.69, 9.17) is 10.5 Å². The average molecular weight is 449 g/mol. The molecule has 4 nitrogen and oxygen atoms in total. The predicted octanol–water partition coefficient (Wildman–Crippen LogP) is 3.69. The van der Waals surface area contributed by atoms with E-state index in [1.165, 1.54) is 43.4 Å². The summed E-state index contributed by atoms with van der Waals surface area (Å²) in [5.74, 6) is 0.546. The Labute approximate surface area is 160 Å². The van der Waals surface area contributed by atoms with Crippen LogP contribution in [0.1, 0.15) is 49.8 Å². The van der Waals surface area contributed by atoms with Gasteiger partial charge in [0.2, 0.25) is 0 Å². The van der Waals surface area contributed by atoms with Crippen molar-refractivity contribution >= 4 is 41.3 Å². The first-order valence-corrected chi connectivity index (χ1v) is 9.38. The Morgan fingerprint density at radius 2 is 2.17 bits per heavy atom. The van der Waals surface area contributed by atoms with Crippen LogP contribution < -0.4 is 11.1 Å². The summed E-state index contributed by atoms with van der Waals surface area (Å²) in [6.45, 7) is 1.53. The zero-order chi connectivity index (χ0) is 15.3. The fourth-order valence-electron chi connectivity index (χ4n) is 3.61. The van der Waals surface area contributed by atoms with Gasteiger partial charge < -0.3 is 15.8 Å². The van der Waals surface area contributed by atoms with Crippen LogP contribution in [0.2, 0.25) is 0 Å². The molecule has 0 radical (unpaired) electrons. The van der Waals surface area contributed by atoms with Crippen LogP contribution in [0.5, 0.6) is 0 Å². The van der Waals surface area contributed by atoms with Gasteiger partial charge in [0, 0.05) is 11.4 Å². The zero-order valence-corrected chi connectivity index (χ0v) is 16.8. The first-order valence-electron chi connectivity index (χ1n) is 8.50. The Morgan fingerprint density at radius 1 is 1.35 bits per heavy atom. The highest BCUT2D eigenvalue weighted by atomic mass is 127. The van der Waals surface area contributed by atoms with Gasteiger partial charge in [0.25, 0.3) is 0 Å². The highest BCUT2D eigenvalue weighted by Crippen LogP contribution is 2.41. The molecule has 1 aliphatic heterocycles. The number of aliphatic imine (C=N–C) groups is 1. The first-order chi connectivity index (χ1) is 10.8. The molecule has 0 amide bonds. The number of thiophene rings is 1. The van der Waals surface area contributed by atoms with Crippen molar-refractivity contribution in [3.8, 4) is 0 Å².